The summed E-state index contributed by atoms with van der Waals surface area (Å²) in [5.74, 6) is -0.328. The second-order valence-corrected chi connectivity index (χ2v) is 10.8. The first-order valence-electron chi connectivity index (χ1n) is 14.4. The van der Waals surface area contributed by atoms with Crippen LogP contribution in [-0.2, 0) is 0 Å². The second-order valence-electron chi connectivity index (χ2n) is 10.8. The molecule has 0 spiro atoms. The Bertz CT molecular complexity index is 1990. The Labute approximate surface area is 259 Å². The lowest BCUT2D eigenvalue weighted by atomic mass is 10.0. The van der Waals surface area contributed by atoms with Gasteiger partial charge in [0.15, 0.2) is 34.2 Å². The van der Waals surface area contributed by atoms with Crippen LogP contribution in [0.5, 0.6) is 0 Å². The first-order chi connectivity index (χ1) is 22.4. The van der Waals surface area contributed by atoms with Crippen molar-refractivity contribution in [3.05, 3.63) is 60.7 Å². The zero-order valence-electron chi connectivity index (χ0n) is 24.8. The predicted octanol–water partition coefficient (Wildman–Crippen LogP) is 4.19. The maximum absolute atomic E-state index is 13.3. The summed E-state index contributed by atoms with van der Waals surface area (Å²) in [5, 5.41) is 8.88. The van der Waals surface area contributed by atoms with E-state index in [9.17, 15) is 9.59 Å². The Balaban J connectivity index is 1.26. The van der Waals surface area contributed by atoms with Crippen molar-refractivity contribution in [3.63, 3.8) is 0 Å². The van der Waals surface area contributed by atoms with Gasteiger partial charge in [-0.3, -0.25) is 9.59 Å². The van der Waals surface area contributed by atoms with Crippen LogP contribution in [0.3, 0.4) is 0 Å². The van der Waals surface area contributed by atoms with Gasteiger partial charge in [0.05, 0.1) is 0 Å². The highest BCUT2D eigenvalue weighted by molar-refractivity contribution is 5.93. The molecule has 17 heteroatoms. The predicted molar refractivity (Wildman–Crippen MR) is 153 cm³/mol. The SMILES string of the molecule is CNCCC[C@@H]1NC(=O)c2coc(n2)-c2coc(n2)-c2coc(n2)[C@H](C(C)C)NC(=O)c2coc(n2)-c2coc(n2)-c2coc1n2. The minimum Gasteiger partial charge on any atom is -0.446 e. The van der Waals surface area contributed by atoms with Crippen LogP contribution in [0.25, 0.3) is 46.3 Å². The molecule has 0 unspecified atom stereocenters. The first kappa shape index (κ1) is 28.9. The summed E-state index contributed by atoms with van der Waals surface area (Å²) in [5.41, 5.74) is 1.05. The van der Waals surface area contributed by atoms with Crippen LogP contribution in [0, 0.1) is 5.92 Å². The van der Waals surface area contributed by atoms with E-state index >= 15 is 0 Å². The molecule has 6 aromatic rings. The van der Waals surface area contributed by atoms with Crippen molar-refractivity contribution >= 4 is 11.8 Å². The number of rotatable bonds is 5. The molecule has 0 aliphatic carbocycles. The molecule has 1 aliphatic rings. The van der Waals surface area contributed by atoms with Crippen LogP contribution < -0.4 is 16.0 Å². The van der Waals surface area contributed by atoms with E-state index in [1.54, 1.807) is 0 Å². The second kappa shape index (κ2) is 11.9. The van der Waals surface area contributed by atoms with Crippen molar-refractivity contribution in [2.45, 2.75) is 38.8 Å². The molecular formula is C29H27N9O8. The standard InChI is InChI=1S/C29H27N9O8/c1-13(2)21-29-37-20(12-46-29)28-36-17(11-45-28)25-32-15(7-41-25)22(39)31-14(5-4-6-30-3)24-34-19(9-43-24)27-35-18(10-44-27)26-33-16(8-42-26)23(40)38-21/h7-14,21,30H,4-6H2,1-3H3,(H,31,39)(H,38,40)/t14-,21-/m0/s1. The Hall–Kier alpha value is -5.84. The largest absolute Gasteiger partial charge is 0.446 e. The van der Waals surface area contributed by atoms with Gasteiger partial charge in [-0.05, 0) is 32.4 Å². The van der Waals surface area contributed by atoms with Gasteiger partial charge in [-0.1, -0.05) is 13.8 Å². The van der Waals surface area contributed by atoms with E-state index < -0.39 is 23.9 Å². The van der Waals surface area contributed by atoms with E-state index in [1.807, 2.05) is 20.9 Å². The number of carbonyl (C=O) groups excluding carboxylic acids is 2. The highest BCUT2D eigenvalue weighted by Gasteiger charge is 2.29. The molecule has 2 atom stereocenters. The van der Waals surface area contributed by atoms with Gasteiger partial charge in [0.25, 0.3) is 11.8 Å². The third-order valence-corrected chi connectivity index (χ3v) is 7.14. The molecule has 17 nitrogen and oxygen atoms in total. The number of nitrogens with one attached hydrogen (secondary N) is 3. The number of amides is 2. The summed E-state index contributed by atoms with van der Waals surface area (Å²) in [6, 6.07) is -1.24. The van der Waals surface area contributed by atoms with E-state index in [4.69, 9.17) is 26.5 Å². The summed E-state index contributed by atoms with van der Waals surface area (Å²) < 4.78 is 33.8. The van der Waals surface area contributed by atoms with Crippen LogP contribution in [0.15, 0.2) is 64.1 Å². The highest BCUT2D eigenvalue weighted by Crippen LogP contribution is 2.30. The molecule has 2 amide bonds. The molecule has 0 saturated heterocycles. The molecule has 7 rings (SSSR count). The van der Waals surface area contributed by atoms with E-state index in [0.717, 1.165) is 0 Å². The number of fused-ring (bicyclic) bond motifs is 16. The van der Waals surface area contributed by atoms with Crippen LogP contribution in [0.1, 0.15) is 71.5 Å². The normalized spacial score (nSPS) is 16.7. The van der Waals surface area contributed by atoms with Crippen LogP contribution >= 0.6 is 0 Å². The summed E-state index contributed by atoms with van der Waals surface area (Å²) >= 11 is 0. The van der Waals surface area contributed by atoms with Crippen molar-refractivity contribution in [2.24, 2.45) is 5.92 Å². The van der Waals surface area contributed by atoms with Gasteiger partial charge in [0, 0.05) is 0 Å². The molecule has 1 aliphatic heterocycles. The molecule has 0 aromatic carbocycles. The van der Waals surface area contributed by atoms with Crippen LogP contribution in [0.4, 0.5) is 0 Å². The van der Waals surface area contributed by atoms with Gasteiger partial charge in [-0.2, -0.15) is 0 Å². The maximum Gasteiger partial charge on any atom is 0.273 e. The third kappa shape index (κ3) is 5.58. The molecule has 7 heterocycles. The van der Waals surface area contributed by atoms with E-state index in [-0.39, 0.29) is 75.4 Å². The monoisotopic (exact) mass is 629 g/mol. The van der Waals surface area contributed by atoms with Gasteiger partial charge in [-0.15, -0.1) is 0 Å². The fourth-order valence-corrected chi connectivity index (χ4v) is 4.75. The van der Waals surface area contributed by atoms with Gasteiger partial charge >= 0.3 is 0 Å². The number of nitrogens with zero attached hydrogens (tertiary/aromatic N) is 6. The van der Waals surface area contributed by atoms with Crippen LogP contribution in [0.2, 0.25) is 0 Å². The van der Waals surface area contributed by atoms with Gasteiger partial charge in [-0.25, -0.2) is 29.9 Å². The Morgan fingerprint density at radius 3 is 1.61 bits per heavy atom. The summed E-state index contributed by atoms with van der Waals surface area (Å²) in [4.78, 5) is 52.9. The highest BCUT2D eigenvalue weighted by atomic mass is 16.4. The molecule has 46 heavy (non-hydrogen) atoms. The third-order valence-electron chi connectivity index (χ3n) is 7.14. The average Bonchev–Trinajstić information content (AvgIpc) is 3.88. The number of carbonyl (C=O) groups is 2. The zero-order valence-corrected chi connectivity index (χ0v) is 24.8. The zero-order chi connectivity index (χ0) is 31.8. The Kier molecular flexibility index (Phi) is 7.49. The van der Waals surface area contributed by atoms with Gasteiger partial charge in [0.2, 0.25) is 35.3 Å². The molecular weight excluding hydrogens is 602 g/mol. The van der Waals surface area contributed by atoms with Gasteiger partial charge in [0.1, 0.15) is 49.7 Å². The first-order valence-corrected chi connectivity index (χ1v) is 14.4. The Morgan fingerprint density at radius 1 is 0.630 bits per heavy atom. The fourth-order valence-electron chi connectivity index (χ4n) is 4.75. The molecule has 0 saturated carbocycles. The molecule has 236 valence electrons. The number of oxazole rings is 6. The average molecular weight is 630 g/mol. The lowest BCUT2D eigenvalue weighted by molar-refractivity contribution is 0.0907. The lowest BCUT2D eigenvalue weighted by Gasteiger charge is -2.18. The van der Waals surface area contributed by atoms with Crippen molar-refractivity contribution in [1.82, 2.24) is 45.9 Å². The van der Waals surface area contributed by atoms with Gasteiger partial charge < -0.3 is 42.5 Å². The topological polar surface area (TPSA) is 226 Å². The minimum absolute atomic E-state index is 0.0120. The molecule has 3 N–H and O–H groups in total. The van der Waals surface area contributed by atoms with Crippen molar-refractivity contribution in [2.75, 3.05) is 13.6 Å². The number of hydrogen-bond acceptors (Lipinski definition) is 15. The minimum atomic E-state index is -0.628. The van der Waals surface area contributed by atoms with E-state index in [2.05, 4.69) is 45.9 Å². The van der Waals surface area contributed by atoms with Crippen LogP contribution in [-0.4, -0.2) is 55.3 Å². The van der Waals surface area contributed by atoms with Crippen molar-refractivity contribution in [3.8, 4) is 46.3 Å². The number of hydrogen-bond donors (Lipinski definition) is 3. The Morgan fingerprint density at radius 2 is 1.07 bits per heavy atom. The quantitative estimate of drug-likeness (QED) is 0.227. The maximum atomic E-state index is 13.3. The number of aromatic nitrogens is 6. The van der Waals surface area contributed by atoms with E-state index in [0.29, 0.717) is 19.4 Å². The molecule has 0 fully saturated rings. The van der Waals surface area contributed by atoms with Crippen molar-refractivity contribution in [1.29, 1.82) is 0 Å². The lowest BCUT2D eigenvalue weighted by Crippen LogP contribution is -2.32. The fraction of sp³-hybridized carbons (Fsp3) is 0.310. The molecule has 12 bridgehead atoms. The molecule has 6 aromatic heterocycles. The smallest absolute Gasteiger partial charge is 0.273 e. The van der Waals surface area contributed by atoms with E-state index in [1.165, 1.54) is 37.6 Å². The molecule has 0 radical (unpaired) electrons. The van der Waals surface area contributed by atoms with Crippen molar-refractivity contribution < 1.29 is 36.1 Å². The summed E-state index contributed by atoms with van der Waals surface area (Å²) in [7, 11) is 1.84. The summed E-state index contributed by atoms with van der Waals surface area (Å²) in [6.07, 6.45) is 9.02. The summed E-state index contributed by atoms with van der Waals surface area (Å²) in [6.45, 7) is 4.50.